The molecule has 0 aromatic rings. The second-order valence-corrected chi connectivity index (χ2v) is 2.55. The van der Waals surface area contributed by atoms with E-state index in [1.54, 1.807) is 0 Å². The Morgan fingerprint density at radius 2 is 2.27 bits per heavy atom. The summed E-state index contributed by atoms with van der Waals surface area (Å²) >= 11 is 0. The van der Waals surface area contributed by atoms with E-state index in [-0.39, 0.29) is 18.3 Å². The van der Waals surface area contributed by atoms with E-state index >= 15 is 0 Å². The molecule has 0 aromatic heterocycles. The van der Waals surface area contributed by atoms with Crippen molar-refractivity contribution in [1.29, 1.82) is 0 Å². The number of carbonyl (C=O) groups excluding carboxylic acids is 1. The Kier molecular flexibility index (Phi) is 4.40. The van der Waals surface area contributed by atoms with Gasteiger partial charge in [0.05, 0.1) is 12.6 Å². The van der Waals surface area contributed by atoms with E-state index in [2.05, 4.69) is 0 Å². The van der Waals surface area contributed by atoms with Gasteiger partial charge in [0.25, 0.3) is 0 Å². The van der Waals surface area contributed by atoms with Crippen molar-refractivity contribution in [3.63, 3.8) is 0 Å². The Hall–Kier alpha value is -0.320. The monoisotopic (exact) mass is 180 g/mol. The maximum atomic E-state index is 10.5. The van der Waals surface area contributed by atoms with Crippen molar-refractivity contribution in [3.05, 3.63) is 0 Å². The van der Waals surface area contributed by atoms with Crippen LogP contribution in [0.15, 0.2) is 0 Å². The summed E-state index contributed by atoms with van der Waals surface area (Å²) in [5, 5.41) is 0. The number of hydrogen-bond donors (Lipinski definition) is 2. The molecule has 1 aliphatic rings. The molecule has 2 unspecified atom stereocenters. The number of nitrogens with two attached hydrogens (primary N) is 2. The summed E-state index contributed by atoms with van der Waals surface area (Å²) in [6.07, 6.45) is 0.851. The Balaban J connectivity index is 0.000001000. The van der Waals surface area contributed by atoms with E-state index in [0.717, 1.165) is 6.42 Å². The molecule has 4 nitrogen and oxygen atoms in total. The third-order valence-electron chi connectivity index (χ3n) is 1.80. The van der Waals surface area contributed by atoms with Gasteiger partial charge in [-0.1, -0.05) is 0 Å². The van der Waals surface area contributed by atoms with Crippen LogP contribution in [0.25, 0.3) is 0 Å². The normalized spacial score (nSPS) is 25.7. The van der Waals surface area contributed by atoms with Gasteiger partial charge >= 0.3 is 0 Å². The Morgan fingerprint density at radius 3 is 2.64 bits per heavy atom. The topological polar surface area (TPSA) is 78.3 Å². The second-order valence-electron chi connectivity index (χ2n) is 2.55. The summed E-state index contributed by atoms with van der Waals surface area (Å²) < 4.78 is 5.04. The molecule has 0 aliphatic carbocycles. The maximum absolute atomic E-state index is 10.5. The fourth-order valence-electron chi connectivity index (χ4n) is 1.07. The van der Waals surface area contributed by atoms with Gasteiger partial charge in [-0.3, -0.25) is 4.79 Å². The summed E-state index contributed by atoms with van der Waals surface area (Å²) in [6, 6.07) is -0.525. The van der Waals surface area contributed by atoms with Crippen molar-refractivity contribution in [3.8, 4) is 0 Å². The molecule has 1 rings (SSSR count). The van der Waals surface area contributed by atoms with Crippen LogP contribution in [0.2, 0.25) is 0 Å². The molecule has 0 bridgehead atoms. The van der Waals surface area contributed by atoms with Gasteiger partial charge in [-0.25, -0.2) is 0 Å². The van der Waals surface area contributed by atoms with Gasteiger partial charge in [0.2, 0.25) is 5.91 Å². The lowest BCUT2D eigenvalue weighted by Gasteiger charge is -2.12. The first kappa shape index (κ1) is 10.7. The zero-order valence-corrected chi connectivity index (χ0v) is 6.97. The standard InChI is InChI=1S/C6H12N2O2.ClH/c7-5(6(8)9)4-1-2-10-3-4;/h4-5H,1-3,7H2,(H2,8,9);1H. The smallest absolute Gasteiger partial charge is 0.234 e. The summed E-state index contributed by atoms with van der Waals surface area (Å²) in [5.74, 6) is -0.298. The molecular formula is C6H13ClN2O2. The third kappa shape index (κ3) is 2.65. The number of primary amides is 1. The molecule has 66 valence electrons. The first-order chi connectivity index (χ1) is 4.72. The van der Waals surface area contributed by atoms with Crippen molar-refractivity contribution < 1.29 is 9.53 Å². The molecule has 1 fully saturated rings. The summed E-state index contributed by atoms with van der Waals surface area (Å²) in [4.78, 5) is 10.5. The zero-order chi connectivity index (χ0) is 7.56. The lowest BCUT2D eigenvalue weighted by atomic mass is 10.00. The Labute approximate surface area is 71.7 Å². The van der Waals surface area contributed by atoms with Crippen molar-refractivity contribution in [2.75, 3.05) is 13.2 Å². The summed E-state index contributed by atoms with van der Waals surface area (Å²) in [7, 11) is 0. The van der Waals surface area contributed by atoms with Crippen LogP contribution in [0.5, 0.6) is 0 Å². The van der Waals surface area contributed by atoms with Crippen LogP contribution in [-0.4, -0.2) is 25.2 Å². The minimum Gasteiger partial charge on any atom is -0.381 e. The second kappa shape index (κ2) is 4.54. The molecule has 0 radical (unpaired) electrons. The molecule has 1 heterocycles. The van der Waals surface area contributed by atoms with Gasteiger partial charge in [0.15, 0.2) is 0 Å². The van der Waals surface area contributed by atoms with Crippen LogP contribution in [0, 0.1) is 5.92 Å². The predicted octanol–water partition coefficient (Wildman–Crippen LogP) is -0.743. The molecule has 11 heavy (non-hydrogen) atoms. The highest BCUT2D eigenvalue weighted by Crippen LogP contribution is 2.14. The van der Waals surface area contributed by atoms with Crippen LogP contribution in [-0.2, 0) is 9.53 Å². The van der Waals surface area contributed by atoms with E-state index in [1.807, 2.05) is 0 Å². The molecule has 0 spiro atoms. The van der Waals surface area contributed by atoms with Crippen LogP contribution in [0.1, 0.15) is 6.42 Å². The number of hydrogen-bond acceptors (Lipinski definition) is 3. The Bertz CT molecular complexity index is 137. The Morgan fingerprint density at radius 1 is 1.64 bits per heavy atom. The molecule has 4 N–H and O–H groups in total. The molecule has 5 heteroatoms. The van der Waals surface area contributed by atoms with Crippen LogP contribution in [0.3, 0.4) is 0 Å². The maximum Gasteiger partial charge on any atom is 0.234 e. The van der Waals surface area contributed by atoms with Gasteiger partial charge in [-0.2, -0.15) is 0 Å². The molecular weight excluding hydrogens is 168 g/mol. The SMILES string of the molecule is Cl.NC(=O)C(N)C1CCOC1. The third-order valence-corrected chi connectivity index (χ3v) is 1.80. The molecule has 1 aliphatic heterocycles. The molecule has 2 atom stereocenters. The van der Waals surface area contributed by atoms with E-state index < -0.39 is 11.9 Å². The average Bonchev–Trinajstić information content (AvgIpc) is 2.36. The summed E-state index contributed by atoms with van der Waals surface area (Å²) in [5.41, 5.74) is 10.5. The fourth-order valence-corrected chi connectivity index (χ4v) is 1.07. The van der Waals surface area contributed by atoms with Crippen molar-refractivity contribution in [1.82, 2.24) is 0 Å². The molecule has 0 saturated carbocycles. The van der Waals surface area contributed by atoms with Crippen molar-refractivity contribution in [2.45, 2.75) is 12.5 Å². The highest BCUT2D eigenvalue weighted by molar-refractivity contribution is 5.85. The predicted molar refractivity (Wildman–Crippen MR) is 43.3 cm³/mol. The van der Waals surface area contributed by atoms with E-state index in [4.69, 9.17) is 16.2 Å². The average molecular weight is 181 g/mol. The van der Waals surface area contributed by atoms with Gasteiger partial charge in [0, 0.05) is 12.5 Å². The number of halogens is 1. The first-order valence-electron chi connectivity index (χ1n) is 3.34. The minimum atomic E-state index is -0.525. The van der Waals surface area contributed by atoms with Crippen LogP contribution < -0.4 is 11.5 Å². The number of ether oxygens (including phenoxy) is 1. The quantitative estimate of drug-likeness (QED) is 0.588. The zero-order valence-electron chi connectivity index (χ0n) is 6.16. The number of carbonyl (C=O) groups is 1. The van der Waals surface area contributed by atoms with Gasteiger partial charge < -0.3 is 16.2 Å². The van der Waals surface area contributed by atoms with E-state index in [0.29, 0.717) is 13.2 Å². The molecule has 1 amide bonds. The van der Waals surface area contributed by atoms with Crippen LogP contribution in [0.4, 0.5) is 0 Å². The highest BCUT2D eigenvalue weighted by Gasteiger charge is 2.26. The molecule has 1 saturated heterocycles. The number of rotatable bonds is 2. The lowest BCUT2D eigenvalue weighted by Crippen LogP contribution is -2.42. The van der Waals surface area contributed by atoms with Gasteiger partial charge in [-0.15, -0.1) is 12.4 Å². The van der Waals surface area contributed by atoms with E-state index in [1.165, 1.54) is 0 Å². The summed E-state index contributed by atoms with van der Waals surface area (Å²) in [6.45, 7) is 1.27. The number of amides is 1. The van der Waals surface area contributed by atoms with Crippen LogP contribution >= 0.6 is 12.4 Å². The van der Waals surface area contributed by atoms with Crippen molar-refractivity contribution in [2.24, 2.45) is 17.4 Å². The lowest BCUT2D eigenvalue weighted by molar-refractivity contribution is -0.120. The highest BCUT2D eigenvalue weighted by atomic mass is 35.5. The molecule has 0 aromatic carbocycles. The van der Waals surface area contributed by atoms with Gasteiger partial charge in [-0.05, 0) is 6.42 Å². The van der Waals surface area contributed by atoms with Crippen molar-refractivity contribution >= 4 is 18.3 Å². The first-order valence-corrected chi connectivity index (χ1v) is 3.34. The van der Waals surface area contributed by atoms with Gasteiger partial charge in [0.1, 0.15) is 0 Å². The minimum absolute atomic E-state index is 0. The fraction of sp³-hybridized carbons (Fsp3) is 0.833. The van der Waals surface area contributed by atoms with E-state index in [9.17, 15) is 4.79 Å². The largest absolute Gasteiger partial charge is 0.381 e.